The van der Waals surface area contributed by atoms with Gasteiger partial charge in [-0.15, -0.1) is 0 Å². The second kappa shape index (κ2) is 4.71. The Morgan fingerprint density at radius 2 is 1.78 bits per heavy atom. The second-order valence-electron chi connectivity index (χ2n) is 4.51. The molecule has 0 aliphatic heterocycles. The van der Waals surface area contributed by atoms with Crippen molar-refractivity contribution in [3.05, 3.63) is 70.0 Å². The summed E-state index contributed by atoms with van der Waals surface area (Å²) < 4.78 is 13.1. The summed E-state index contributed by atoms with van der Waals surface area (Å²) in [6.45, 7) is 3.43. The van der Waals surface area contributed by atoms with Crippen molar-refractivity contribution in [3.63, 3.8) is 0 Å². The van der Waals surface area contributed by atoms with Crippen molar-refractivity contribution < 1.29 is 9.50 Å². The van der Waals surface area contributed by atoms with E-state index >= 15 is 0 Å². The van der Waals surface area contributed by atoms with Crippen molar-refractivity contribution in [2.45, 2.75) is 19.4 Å². The number of rotatable bonds is 2. The molecule has 2 aromatic carbocycles. The lowest BCUT2D eigenvalue weighted by molar-refractivity contribution is 0.102. The van der Waals surface area contributed by atoms with Crippen LogP contribution < -0.4 is 0 Å². The predicted molar refractivity (Wildman–Crippen MR) is 71.3 cm³/mol. The van der Waals surface area contributed by atoms with E-state index in [9.17, 15) is 9.50 Å². The van der Waals surface area contributed by atoms with Gasteiger partial charge in [0, 0.05) is 10.6 Å². The maximum absolute atomic E-state index is 13.1. The van der Waals surface area contributed by atoms with Crippen molar-refractivity contribution in [2.24, 2.45) is 0 Å². The van der Waals surface area contributed by atoms with Crippen molar-refractivity contribution in [3.8, 4) is 0 Å². The van der Waals surface area contributed by atoms with E-state index in [4.69, 9.17) is 11.6 Å². The summed E-state index contributed by atoms with van der Waals surface area (Å²) in [5.41, 5.74) is 0.717. The van der Waals surface area contributed by atoms with Gasteiger partial charge in [0.15, 0.2) is 0 Å². The van der Waals surface area contributed by atoms with Crippen LogP contribution in [0.3, 0.4) is 0 Å². The molecule has 3 heteroatoms. The molecule has 18 heavy (non-hydrogen) atoms. The first-order chi connectivity index (χ1) is 8.43. The third kappa shape index (κ3) is 2.26. The SMILES string of the molecule is Cc1cc(F)ccc1C(C)(O)c1ccccc1Cl. The lowest BCUT2D eigenvalue weighted by Crippen LogP contribution is -2.24. The Morgan fingerprint density at radius 1 is 1.11 bits per heavy atom. The molecular formula is C15H14ClFO. The van der Waals surface area contributed by atoms with Crippen molar-refractivity contribution >= 4 is 11.6 Å². The molecule has 1 unspecified atom stereocenters. The molecule has 0 radical (unpaired) electrons. The normalized spacial score (nSPS) is 14.3. The number of hydrogen-bond donors (Lipinski definition) is 1. The summed E-state index contributed by atoms with van der Waals surface area (Å²) in [5.74, 6) is -0.314. The third-order valence-corrected chi connectivity index (χ3v) is 3.44. The van der Waals surface area contributed by atoms with Crippen LogP contribution in [0.25, 0.3) is 0 Å². The predicted octanol–water partition coefficient (Wildman–Crippen LogP) is 4.04. The van der Waals surface area contributed by atoms with Gasteiger partial charge in [0.1, 0.15) is 11.4 Å². The molecule has 1 nitrogen and oxygen atoms in total. The summed E-state index contributed by atoms with van der Waals surface area (Å²) >= 11 is 6.11. The minimum Gasteiger partial charge on any atom is -0.381 e. The van der Waals surface area contributed by atoms with Crippen LogP contribution in [-0.2, 0) is 5.60 Å². The molecule has 0 heterocycles. The number of halogens is 2. The average Bonchev–Trinajstić information content (AvgIpc) is 2.28. The fraction of sp³-hybridized carbons (Fsp3) is 0.200. The van der Waals surface area contributed by atoms with E-state index in [1.165, 1.54) is 12.1 Å². The quantitative estimate of drug-likeness (QED) is 0.868. The molecule has 1 atom stereocenters. The second-order valence-corrected chi connectivity index (χ2v) is 4.92. The van der Waals surface area contributed by atoms with E-state index < -0.39 is 5.60 Å². The van der Waals surface area contributed by atoms with Gasteiger partial charge in [-0.3, -0.25) is 0 Å². The van der Waals surface area contributed by atoms with Crippen molar-refractivity contribution in [2.75, 3.05) is 0 Å². The standard InChI is InChI=1S/C15H14ClFO/c1-10-9-11(17)7-8-12(10)15(2,18)13-5-3-4-6-14(13)16/h3-9,18H,1-2H3. The van der Waals surface area contributed by atoms with Gasteiger partial charge in [0.05, 0.1) is 0 Å². The number of benzene rings is 2. The zero-order valence-electron chi connectivity index (χ0n) is 10.2. The van der Waals surface area contributed by atoms with E-state index in [-0.39, 0.29) is 5.82 Å². The van der Waals surface area contributed by atoms with Crippen LogP contribution in [0, 0.1) is 12.7 Å². The van der Waals surface area contributed by atoms with Gasteiger partial charge in [-0.2, -0.15) is 0 Å². The zero-order valence-corrected chi connectivity index (χ0v) is 11.0. The van der Waals surface area contributed by atoms with Crippen LogP contribution in [0.15, 0.2) is 42.5 Å². The molecule has 0 aliphatic rings. The Bertz CT molecular complexity index is 578. The first-order valence-corrected chi connectivity index (χ1v) is 6.04. The molecule has 1 N–H and O–H groups in total. The Balaban J connectivity index is 2.58. The Kier molecular flexibility index (Phi) is 3.42. The fourth-order valence-electron chi connectivity index (χ4n) is 2.17. The Labute approximate surface area is 111 Å². The molecular weight excluding hydrogens is 251 g/mol. The van der Waals surface area contributed by atoms with Gasteiger partial charge < -0.3 is 5.11 Å². The largest absolute Gasteiger partial charge is 0.381 e. The highest BCUT2D eigenvalue weighted by Gasteiger charge is 2.29. The van der Waals surface area contributed by atoms with E-state index in [2.05, 4.69) is 0 Å². The van der Waals surface area contributed by atoms with Gasteiger partial charge in [-0.25, -0.2) is 4.39 Å². The van der Waals surface area contributed by atoms with Gasteiger partial charge in [-0.05, 0) is 43.2 Å². The lowest BCUT2D eigenvalue weighted by Gasteiger charge is -2.27. The molecule has 0 amide bonds. The van der Waals surface area contributed by atoms with Crippen LogP contribution in [-0.4, -0.2) is 5.11 Å². The van der Waals surface area contributed by atoms with Gasteiger partial charge in [0.25, 0.3) is 0 Å². The number of aliphatic hydroxyl groups is 1. The average molecular weight is 265 g/mol. The van der Waals surface area contributed by atoms with Crippen LogP contribution in [0.1, 0.15) is 23.6 Å². The Hall–Kier alpha value is -1.38. The summed E-state index contributed by atoms with van der Waals surface area (Å²) in [7, 11) is 0. The van der Waals surface area contributed by atoms with E-state index in [0.29, 0.717) is 21.7 Å². The number of hydrogen-bond acceptors (Lipinski definition) is 1. The summed E-state index contributed by atoms with van der Waals surface area (Å²) in [6.07, 6.45) is 0. The molecule has 0 saturated heterocycles. The summed E-state index contributed by atoms with van der Waals surface area (Å²) in [5, 5.41) is 11.2. The molecule has 0 saturated carbocycles. The van der Waals surface area contributed by atoms with Crippen LogP contribution in [0.4, 0.5) is 4.39 Å². The molecule has 0 fully saturated rings. The first kappa shape index (κ1) is 13.1. The van der Waals surface area contributed by atoms with Crippen molar-refractivity contribution in [1.82, 2.24) is 0 Å². The van der Waals surface area contributed by atoms with Crippen LogP contribution in [0.2, 0.25) is 5.02 Å². The van der Waals surface area contributed by atoms with Gasteiger partial charge in [0.2, 0.25) is 0 Å². The molecule has 94 valence electrons. The van der Waals surface area contributed by atoms with Crippen molar-refractivity contribution in [1.29, 1.82) is 0 Å². The van der Waals surface area contributed by atoms with E-state index in [1.54, 1.807) is 38.1 Å². The molecule has 0 bridgehead atoms. The lowest BCUT2D eigenvalue weighted by atomic mass is 9.85. The fourth-order valence-corrected chi connectivity index (χ4v) is 2.49. The highest BCUT2D eigenvalue weighted by atomic mass is 35.5. The zero-order chi connectivity index (χ0) is 13.3. The maximum Gasteiger partial charge on any atom is 0.123 e. The smallest absolute Gasteiger partial charge is 0.123 e. The molecule has 2 rings (SSSR count). The van der Waals surface area contributed by atoms with Gasteiger partial charge >= 0.3 is 0 Å². The molecule has 2 aromatic rings. The highest BCUT2D eigenvalue weighted by Crippen LogP contribution is 2.35. The summed E-state index contributed by atoms with van der Waals surface area (Å²) in [4.78, 5) is 0. The minimum absolute atomic E-state index is 0.314. The minimum atomic E-state index is -1.24. The number of aryl methyl sites for hydroxylation is 1. The first-order valence-electron chi connectivity index (χ1n) is 5.67. The maximum atomic E-state index is 13.1. The van der Waals surface area contributed by atoms with E-state index in [1.807, 2.05) is 6.07 Å². The monoisotopic (exact) mass is 264 g/mol. The third-order valence-electron chi connectivity index (χ3n) is 3.11. The Morgan fingerprint density at radius 3 is 2.39 bits per heavy atom. The topological polar surface area (TPSA) is 20.2 Å². The summed E-state index contributed by atoms with van der Waals surface area (Å²) in [6, 6.07) is 11.5. The van der Waals surface area contributed by atoms with Gasteiger partial charge in [-0.1, -0.05) is 35.9 Å². The van der Waals surface area contributed by atoms with Crippen LogP contribution in [0.5, 0.6) is 0 Å². The highest BCUT2D eigenvalue weighted by molar-refractivity contribution is 6.31. The molecule has 0 aromatic heterocycles. The van der Waals surface area contributed by atoms with Crippen LogP contribution >= 0.6 is 11.6 Å². The molecule has 0 aliphatic carbocycles. The molecule has 0 spiro atoms. The van der Waals surface area contributed by atoms with E-state index in [0.717, 1.165) is 0 Å².